The Bertz CT molecular complexity index is 732. The SMILES string of the molecule is CCCNC(=O)[C@@H](C)NC(=O)CSc1n[nH]c(-c2ccc(OC)cc2)n1. The summed E-state index contributed by atoms with van der Waals surface area (Å²) in [5, 5.41) is 12.8. The van der Waals surface area contributed by atoms with Crippen LogP contribution in [0.4, 0.5) is 0 Å². The number of hydrogen-bond acceptors (Lipinski definition) is 6. The minimum atomic E-state index is -0.573. The van der Waals surface area contributed by atoms with Crippen LogP contribution < -0.4 is 15.4 Å². The van der Waals surface area contributed by atoms with Gasteiger partial charge in [-0.25, -0.2) is 4.98 Å². The highest BCUT2D eigenvalue weighted by Gasteiger charge is 2.16. The molecule has 0 spiro atoms. The summed E-state index contributed by atoms with van der Waals surface area (Å²) in [6, 6.07) is 6.84. The van der Waals surface area contributed by atoms with Crippen LogP contribution in [0.1, 0.15) is 20.3 Å². The van der Waals surface area contributed by atoms with E-state index < -0.39 is 6.04 Å². The molecule has 26 heavy (non-hydrogen) atoms. The van der Waals surface area contributed by atoms with Crippen molar-refractivity contribution < 1.29 is 14.3 Å². The van der Waals surface area contributed by atoms with E-state index in [0.717, 1.165) is 17.7 Å². The highest BCUT2D eigenvalue weighted by atomic mass is 32.2. The summed E-state index contributed by atoms with van der Waals surface area (Å²) in [7, 11) is 1.61. The molecular formula is C17H23N5O3S. The van der Waals surface area contributed by atoms with Crippen molar-refractivity contribution in [3.8, 4) is 17.1 Å². The molecule has 0 bridgehead atoms. The van der Waals surface area contributed by atoms with Gasteiger partial charge >= 0.3 is 0 Å². The van der Waals surface area contributed by atoms with E-state index in [1.54, 1.807) is 14.0 Å². The molecule has 1 aromatic carbocycles. The smallest absolute Gasteiger partial charge is 0.242 e. The first kappa shape index (κ1) is 19.8. The van der Waals surface area contributed by atoms with Crippen LogP contribution in [0.2, 0.25) is 0 Å². The summed E-state index contributed by atoms with van der Waals surface area (Å²) < 4.78 is 5.12. The topological polar surface area (TPSA) is 109 Å². The molecule has 0 aliphatic carbocycles. The lowest BCUT2D eigenvalue weighted by Gasteiger charge is -2.13. The number of thioether (sulfide) groups is 1. The van der Waals surface area contributed by atoms with Crippen molar-refractivity contribution in [2.75, 3.05) is 19.4 Å². The van der Waals surface area contributed by atoms with Crippen LogP contribution in [0.5, 0.6) is 5.75 Å². The molecule has 2 rings (SSSR count). The van der Waals surface area contributed by atoms with Crippen molar-refractivity contribution in [1.29, 1.82) is 0 Å². The Balaban J connectivity index is 1.83. The molecule has 3 N–H and O–H groups in total. The van der Waals surface area contributed by atoms with E-state index in [9.17, 15) is 9.59 Å². The second-order valence-corrected chi connectivity index (χ2v) is 6.51. The van der Waals surface area contributed by atoms with Gasteiger partial charge in [-0.1, -0.05) is 18.7 Å². The molecule has 1 aromatic heterocycles. The molecule has 140 valence electrons. The first-order valence-corrected chi connectivity index (χ1v) is 9.28. The predicted octanol–water partition coefficient (Wildman–Crippen LogP) is 1.60. The van der Waals surface area contributed by atoms with Gasteiger partial charge in [0, 0.05) is 12.1 Å². The number of methoxy groups -OCH3 is 1. The Morgan fingerprint density at radius 2 is 2.04 bits per heavy atom. The van der Waals surface area contributed by atoms with Crippen LogP contribution in [-0.2, 0) is 9.59 Å². The van der Waals surface area contributed by atoms with Crippen LogP contribution in [-0.4, -0.2) is 52.4 Å². The van der Waals surface area contributed by atoms with Crippen molar-refractivity contribution in [3.63, 3.8) is 0 Å². The Morgan fingerprint density at radius 1 is 1.31 bits per heavy atom. The van der Waals surface area contributed by atoms with Crippen LogP contribution in [0.15, 0.2) is 29.4 Å². The maximum absolute atomic E-state index is 12.0. The lowest BCUT2D eigenvalue weighted by atomic mass is 10.2. The fraction of sp³-hybridized carbons (Fsp3) is 0.412. The molecule has 0 fully saturated rings. The molecule has 1 atom stereocenters. The number of H-pyrrole nitrogens is 1. The lowest BCUT2D eigenvalue weighted by molar-refractivity contribution is -0.127. The average Bonchev–Trinajstić information content (AvgIpc) is 3.13. The first-order valence-electron chi connectivity index (χ1n) is 8.30. The van der Waals surface area contributed by atoms with Crippen molar-refractivity contribution in [3.05, 3.63) is 24.3 Å². The number of nitrogens with zero attached hydrogens (tertiary/aromatic N) is 2. The summed E-state index contributed by atoms with van der Waals surface area (Å²) in [6.07, 6.45) is 0.851. The molecule has 0 aliphatic rings. The van der Waals surface area contributed by atoms with Gasteiger partial charge in [0.2, 0.25) is 17.0 Å². The monoisotopic (exact) mass is 377 g/mol. The van der Waals surface area contributed by atoms with Crippen LogP contribution in [0.3, 0.4) is 0 Å². The van der Waals surface area contributed by atoms with Gasteiger partial charge in [-0.05, 0) is 37.6 Å². The summed E-state index contributed by atoms with van der Waals surface area (Å²) in [4.78, 5) is 28.1. The fourth-order valence-electron chi connectivity index (χ4n) is 2.07. The van der Waals surface area contributed by atoms with Crippen molar-refractivity contribution >= 4 is 23.6 Å². The number of amides is 2. The molecule has 0 saturated heterocycles. The summed E-state index contributed by atoms with van der Waals surface area (Å²) in [5.74, 6) is 1.07. The zero-order valence-corrected chi connectivity index (χ0v) is 15.9. The van der Waals surface area contributed by atoms with E-state index in [1.165, 1.54) is 11.8 Å². The zero-order valence-electron chi connectivity index (χ0n) is 15.0. The summed E-state index contributed by atoms with van der Waals surface area (Å²) in [6.45, 7) is 4.22. The molecule has 8 nitrogen and oxygen atoms in total. The molecule has 0 saturated carbocycles. The molecule has 9 heteroatoms. The fourth-order valence-corrected chi connectivity index (χ4v) is 2.68. The standard InChI is InChI=1S/C17H23N5O3S/c1-4-9-18-16(24)11(2)19-14(23)10-26-17-20-15(21-22-17)12-5-7-13(25-3)8-6-12/h5-8,11H,4,9-10H2,1-3H3,(H,18,24)(H,19,23)(H,20,21,22)/t11-/m1/s1. The van der Waals surface area contributed by atoms with Gasteiger partial charge < -0.3 is 15.4 Å². The highest BCUT2D eigenvalue weighted by Crippen LogP contribution is 2.21. The Hall–Kier alpha value is -2.55. The van der Waals surface area contributed by atoms with Gasteiger partial charge in [-0.3, -0.25) is 14.7 Å². The number of ether oxygens (including phenoxy) is 1. The van der Waals surface area contributed by atoms with Crippen LogP contribution >= 0.6 is 11.8 Å². The van der Waals surface area contributed by atoms with E-state index in [4.69, 9.17) is 4.74 Å². The predicted molar refractivity (Wildman–Crippen MR) is 100 cm³/mol. The highest BCUT2D eigenvalue weighted by molar-refractivity contribution is 7.99. The van der Waals surface area contributed by atoms with Gasteiger partial charge in [0.1, 0.15) is 11.8 Å². The zero-order chi connectivity index (χ0) is 18.9. The minimum absolute atomic E-state index is 0.130. The van der Waals surface area contributed by atoms with Crippen LogP contribution in [0.25, 0.3) is 11.4 Å². The summed E-state index contributed by atoms with van der Waals surface area (Å²) in [5.41, 5.74) is 0.871. The number of rotatable bonds is 9. The molecular weight excluding hydrogens is 354 g/mol. The molecule has 2 amide bonds. The number of benzene rings is 1. The third-order valence-corrected chi connectivity index (χ3v) is 4.33. The quantitative estimate of drug-likeness (QED) is 0.573. The van der Waals surface area contributed by atoms with Crippen molar-refractivity contribution in [2.45, 2.75) is 31.5 Å². The van der Waals surface area contributed by atoms with Gasteiger partial charge in [-0.2, -0.15) is 0 Å². The van der Waals surface area contributed by atoms with Gasteiger partial charge in [0.15, 0.2) is 5.82 Å². The maximum atomic E-state index is 12.0. The number of aromatic amines is 1. The second-order valence-electron chi connectivity index (χ2n) is 5.56. The van der Waals surface area contributed by atoms with Gasteiger partial charge in [-0.15, -0.1) is 5.10 Å². The normalized spacial score (nSPS) is 11.7. The van der Waals surface area contributed by atoms with Gasteiger partial charge in [0.05, 0.1) is 12.9 Å². The van der Waals surface area contributed by atoms with E-state index in [2.05, 4.69) is 25.8 Å². The van der Waals surface area contributed by atoms with Crippen molar-refractivity contribution in [1.82, 2.24) is 25.8 Å². The average molecular weight is 377 g/mol. The van der Waals surface area contributed by atoms with E-state index in [0.29, 0.717) is 17.5 Å². The van der Waals surface area contributed by atoms with E-state index in [1.807, 2.05) is 31.2 Å². The first-order chi connectivity index (χ1) is 12.5. The third kappa shape index (κ3) is 5.76. The van der Waals surface area contributed by atoms with Crippen LogP contribution in [0, 0.1) is 0 Å². The minimum Gasteiger partial charge on any atom is -0.497 e. The molecule has 0 aliphatic heterocycles. The van der Waals surface area contributed by atoms with Gasteiger partial charge in [0.25, 0.3) is 0 Å². The maximum Gasteiger partial charge on any atom is 0.242 e. The molecule has 2 aromatic rings. The van der Waals surface area contributed by atoms with E-state index >= 15 is 0 Å². The Kier molecular flexibility index (Phi) is 7.46. The Labute approximate surface area is 156 Å². The largest absolute Gasteiger partial charge is 0.497 e. The number of carbonyl (C=O) groups excluding carboxylic acids is 2. The lowest BCUT2D eigenvalue weighted by Crippen LogP contribution is -2.45. The third-order valence-electron chi connectivity index (χ3n) is 3.48. The molecule has 0 radical (unpaired) electrons. The summed E-state index contributed by atoms with van der Waals surface area (Å²) >= 11 is 1.20. The Morgan fingerprint density at radius 3 is 2.69 bits per heavy atom. The number of nitrogens with one attached hydrogen (secondary N) is 3. The number of aromatic nitrogens is 3. The molecule has 0 unspecified atom stereocenters. The van der Waals surface area contributed by atoms with E-state index in [-0.39, 0.29) is 17.6 Å². The second kappa shape index (κ2) is 9.81. The number of hydrogen-bond donors (Lipinski definition) is 3. The van der Waals surface area contributed by atoms with Crippen molar-refractivity contribution in [2.24, 2.45) is 0 Å². The molecule has 1 heterocycles. The number of carbonyl (C=O) groups is 2.